The number of benzene rings is 1. The monoisotopic (exact) mass is 301 g/mol. The molecule has 4 nitrogen and oxygen atoms in total. The van der Waals surface area contributed by atoms with Crippen LogP contribution in [0.1, 0.15) is 17.3 Å². The maximum atomic E-state index is 5.76. The maximum absolute atomic E-state index is 5.76. The molecule has 23 heavy (non-hydrogen) atoms. The first-order valence-electron chi connectivity index (χ1n) is 7.54. The number of aliphatic imine (C=N–C) groups is 1. The fraction of sp³-hybridized carbons (Fsp3) is 0.105. The molecule has 2 aromatic heterocycles. The van der Waals surface area contributed by atoms with Crippen LogP contribution in [0.15, 0.2) is 77.9 Å². The summed E-state index contributed by atoms with van der Waals surface area (Å²) in [6.45, 7) is 0.550. The van der Waals surface area contributed by atoms with Gasteiger partial charge < -0.3 is 4.74 Å². The van der Waals surface area contributed by atoms with Crippen LogP contribution in [-0.4, -0.2) is 22.5 Å². The molecule has 0 saturated heterocycles. The third-order valence-corrected chi connectivity index (χ3v) is 3.73. The first-order valence-corrected chi connectivity index (χ1v) is 7.54. The topological polar surface area (TPSA) is 47.4 Å². The van der Waals surface area contributed by atoms with Crippen LogP contribution in [0.25, 0.3) is 11.4 Å². The van der Waals surface area contributed by atoms with Gasteiger partial charge in [0.25, 0.3) is 0 Å². The first kappa shape index (κ1) is 13.6. The van der Waals surface area contributed by atoms with Crippen molar-refractivity contribution in [2.45, 2.75) is 6.04 Å². The molecule has 0 aliphatic carbocycles. The van der Waals surface area contributed by atoms with Gasteiger partial charge in [0.2, 0.25) is 5.90 Å². The van der Waals surface area contributed by atoms with Crippen molar-refractivity contribution in [2.75, 3.05) is 6.61 Å². The van der Waals surface area contributed by atoms with Gasteiger partial charge in [-0.3, -0.25) is 4.98 Å². The third-order valence-electron chi connectivity index (χ3n) is 3.73. The van der Waals surface area contributed by atoms with E-state index >= 15 is 0 Å². The Kier molecular flexibility index (Phi) is 3.56. The van der Waals surface area contributed by atoms with Crippen LogP contribution in [0.4, 0.5) is 0 Å². The van der Waals surface area contributed by atoms with Crippen molar-refractivity contribution in [3.05, 3.63) is 84.2 Å². The van der Waals surface area contributed by atoms with Crippen molar-refractivity contribution < 1.29 is 4.74 Å². The van der Waals surface area contributed by atoms with Crippen molar-refractivity contribution in [1.29, 1.82) is 0 Å². The van der Waals surface area contributed by atoms with Crippen molar-refractivity contribution in [1.82, 2.24) is 9.97 Å². The molecule has 4 rings (SSSR count). The van der Waals surface area contributed by atoms with Crippen LogP contribution < -0.4 is 0 Å². The second-order valence-electron chi connectivity index (χ2n) is 5.29. The summed E-state index contributed by atoms with van der Waals surface area (Å²) in [5, 5.41) is 0. The molecule has 0 radical (unpaired) electrons. The smallest absolute Gasteiger partial charge is 0.236 e. The van der Waals surface area contributed by atoms with Gasteiger partial charge in [-0.15, -0.1) is 0 Å². The second kappa shape index (κ2) is 6.01. The Morgan fingerprint density at radius 2 is 1.57 bits per heavy atom. The lowest BCUT2D eigenvalue weighted by Gasteiger charge is -2.04. The summed E-state index contributed by atoms with van der Waals surface area (Å²) in [4.78, 5) is 13.6. The molecule has 112 valence electrons. The summed E-state index contributed by atoms with van der Waals surface area (Å²) in [5.74, 6) is 0.594. The van der Waals surface area contributed by atoms with Crippen LogP contribution in [0.5, 0.6) is 0 Å². The van der Waals surface area contributed by atoms with E-state index in [-0.39, 0.29) is 6.04 Å². The summed E-state index contributed by atoms with van der Waals surface area (Å²) in [7, 11) is 0. The number of ether oxygens (including phenoxy) is 1. The number of hydrogen-bond acceptors (Lipinski definition) is 4. The number of rotatable bonds is 3. The van der Waals surface area contributed by atoms with E-state index in [1.807, 2.05) is 54.6 Å². The van der Waals surface area contributed by atoms with E-state index in [2.05, 4.69) is 27.1 Å². The number of pyridine rings is 2. The molecule has 0 amide bonds. The normalized spacial score (nSPS) is 16.7. The predicted octanol–water partition coefficient (Wildman–Crippen LogP) is 3.66. The van der Waals surface area contributed by atoms with Crippen LogP contribution in [-0.2, 0) is 4.74 Å². The maximum Gasteiger partial charge on any atom is 0.236 e. The van der Waals surface area contributed by atoms with E-state index < -0.39 is 0 Å². The number of aromatic nitrogens is 2. The van der Waals surface area contributed by atoms with Gasteiger partial charge in [-0.25, -0.2) is 9.98 Å². The van der Waals surface area contributed by atoms with E-state index in [0.717, 1.165) is 22.6 Å². The molecule has 3 aromatic rings. The van der Waals surface area contributed by atoms with E-state index in [4.69, 9.17) is 4.74 Å². The summed E-state index contributed by atoms with van der Waals surface area (Å²) < 4.78 is 5.76. The van der Waals surface area contributed by atoms with Crippen molar-refractivity contribution >= 4 is 5.90 Å². The van der Waals surface area contributed by atoms with Gasteiger partial charge in [0.05, 0.1) is 11.4 Å². The molecule has 3 heterocycles. The van der Waals surface area contributed by atoms with E-state index in [0.29, 0.717) is 12.5 Å². The van der Waals surface area contributed by atoms with Crippen LogP contribution in [0, 0.1) is 0 Å². The van der Waals surface area contributed by atoms with Crippen molar-refractivity contribution in [3.63, 3.8) is 0 Å². The van der Waals surface area contributed by atoms with Crippen molar-refractivity contribution in [2.24, 2.45) is 4.99 Å². The Labute approximate surface area is 134 Å². The zero-order valence-corrected chi connectivity index (χ0v) is 12.5. The molecule has 0 fully saturated rings. The van der Waals surface area contributed by atoms with Gasteiger partial charge in [0.15, 0.2) is 0 Å². The summed E-state index contributed by atoms with van der Waals surface area (Å²) >= 11 is 0. The fourth-order valence-corrected chi connectivity index (χ4v) is 2.57. The molecular weight excluding hydrogens is 286 g/mol. The highest BCUT2D eigenvalue weighted by molar-refractivity contribution is 5.93. The Hall–Kier alpha value is -3.01. The molecule has 1 aliphatic heterocycles. The fourth-order valence-electron chi connectivity index (χ4n) is 2.57. The van der Waals surface area contributed by atoms with Gasteiger partial charge >= 0.3 is 0 Å². The van der Waals surface area contributed by atoms with Gasteiger partial charge in [-0.2, -0.15) is 0 Å². The van der Waals surface area contributed by atoms with Gasteiger partial charge in [0.1, 0.15) is 18.3 Å². The summed E-state index contributed by atoms with van der Waals surface area (Å²) in [6, 6.07) is 21.8. The molecule has 0 bridgehead atoms. The standard InChI is InChI=1S/C19H15N3O/c1-2-7-14(8-3-1)18-13-23-19(22-18)17-11-6-10-16(21-17)15-9-4-5-12-20-15/h1-12,18H,13H2/t18-/m1/s1. The molecule has 0 saturated carbocycles. The van der Waals surface area contributed by atoms with Gasteiger partial charge in [0, 0.05) is 6.20 Å². The van der Waals surface area contributed by atoms with E-state index in [1.165, 1.54) is 0 Å². The lowest BCUT2D eigenvalue weighted by molar-refractivity contribution is 0.319. The lowest BCUT2D eigenvalue weighted by atomic mass is 10.1. The molecule has 0 spiro atoms. The molecule has 1 aromatic carbocycles. The summed E-state index contributed by atoms with van der Waals surface area (Å²) in [5.41, 5.74) is 3.56. The molecule has 0 unspecified atom stereocenters. The second-order valence-corrected chi connectivity index (χ2v) is 5.29. The average Bonchev–Trinajstić information content (AvgIpc) is 3.14. The molecular formula is C19H15N3O. The molecule has 1 atom stereocenters. The minimum absolute atomic E-state index is 0.0338. The van der Waals surface area contributed by atoms with Crippen LogP contribution in [0.2, 0.25) is 0 Å². The first-order chi connectivity index (χ1) is 11.4. The Balaban J connectivity index is 1.64. The SMILES string of the molecule is c1ccc([C@H]2COC(c3cccc(-c4ccccn4)n3)=N2)cc1. The third kappa shape index (κ3) is 2.83. The van der Waals surface area contributed by atoms with Crippen LogP contribution in [0.3, 0.4) is 0 Å². The Morgan fingerprint density at radius 1 is 0.783 bits per heavy atom. The predicted molar refractivity (Wildman–Crippen MR) is 89.1 cm³/mol. The van der Waals surface area contributed by atoms with E-state index in [9.17, 15) is 0 Å². The number of nitrogens with zero attached hydrogens (tertiary/aromatic N) is 3. The Bertz CT molecular complexity index is 832. The zero-order chi connectivity index (χ0) is 15.5. The average molecular weight is 301 g/mol. The quantitative estimate of drug-likeness (QED) is 0.741. The minimum atomic E-state index is 0.0338. The van der Waals surface area contributed by atoms with Gasteiger partial charge in [-0.1, -0.05) is 42.5 Å². The van der Waals surface area contributed by atoms with Crippen molar-refractivity contribution in [3.8, 4) is 11.4 Å². The zero-order valence-electron chi connectivity index (χ0n) is 12.5. The lowest BCUT2D eigenvalue weighted by Crippen LogP contribution is -2.04. The largest absolute Gasteiger partial charge is 0.474 e. The number of hydrogen-bond donors (Lipinski definition) is 0. The highest BCUT2D eigenvalue weighted by Crippen LogP contribution is 2.25. The minimum Gasteiger partial charge on any atom is -0.474 e. The molecule has 1 aliphatic rings. The van der Waals surface area contributed by atoms with Gasteiger partial charge in [-0.05, 0) is 29.8 Å². The Morgan fingerprint density at radius 3 is 2.39 bits per heavy atom. The highest BCUT2D eigenvalue weighted by Gasteiger charge is 2.22. The van der Waals surface area contributed by atoms with E-state index in [1.54, 1.807) is 6.20 Å². The highest BCUT2D eigenvalue weighted by atomic mass is 16.5. The van der Waals surface area contributed by atoms with Crippen LogP contribution >= 0.6 is 0 Å². The molecule has 0 N–H and O–H groups in total. The molecule has 4 heteroatoms. The summed E-state index contributed by atoms with van der Waals surface area (Å²) in [6.07, 6.45) is 1.76.